The first-order valence-corrected chi connectivity index (χ1v) is 7.94. The first-order chi connectivity index (χ1) is 9.20. The van der Waals surface area contributed by atoms with Gasteiger partial charge in [0.15, 0.2) is 0 Å². The predicted molar refractivity (Wildman–Crippen MR) is 77.9 cm³/mol. The molecule has 4 heteroatoms. The lowest BCUT2D eigenvalue weighted by molar-refractivity contribution is -0.124. The number of nitrogens with zero attached hydrogens (tertiary/aromatic N) is 1. The van der Waals surface area contributed by atoms with Crippen LogP contribution in [0.2, 0.25) is 0 Å². The van der Waals surface area contributed by atoms with Crippen LogP contribution in [0.15, 0.2) is 0 Å². The van der Waals surface area contributed by atoms with Gasteiger partial charge in [-0.05, 0) is 38.6 Å². The monoisotopic (exact) mass is 267 g/mol. The molecule has 2 aliphatic rings. The van der Waals surface area contributed by atoms with E-state index in [1.807, 2.05) is 0 Å². The fourth-order valence-corrected chi connectivity index (χ4v) is 3.29. The summed E-state index contributed by atoms with van der Waals surface area (Å²) < 4.78 is 0. The molecule has 110 valence electrons. The quantitative estimate of drug-likeness (QED) is 0.737. The van der Waals surface area contributed by atoms with Gasteiger partial charge in [0.05, 0.1) is 6.54 Å². The lowest BCUT2D eigenvalue weighted by atomic mass is 9.80. The van der Waals surface area contributed by atoms with Crippen molar-refractivity contribution in [2.75, 3.05) is 19.6 Å². The molecule has 3 N–H and O–H groups in total. The van der Waals surface area contributed by atoms with E-state index in [-0.39, 0.29) is 11.4 Å². The van der Waals surface area contributed by atoms with Crippen molar-refractivity contribution >= 4 is 5.91 Å². The van der Waals surface area contributed by atoms with Crippen LogP contribution < -0.4 is 11.1 Å². The molecule has 0 atom stereocenters. The van der Waals surface area contributed by atoms with Crippen LogP contribution in [0, 0.1) is 0 Å². The van der Waals surface area contributed by atoms with Crippen LogP contribution >= 0.6 is 0 Å². The second kappa shape index (κ2) is 6.71. The van der Waals surface area contributed by atoms with Gasteiger partial charge >= 0.3 is 0 Å². The van der Waals surface area contributed by atoms with Crippen molar-refractivity contribution in [2.45, 2.75) is 69.9 Å². The van der Waals surface area contributed by atoms with E-state index in [9.17, 15) is 4.79 Å². The third-order valence-electron chi connectivity index (χ3n) is 4.61. The molecule has 19 heavy (non-hydrogen) atoms. The zero-order valence-electron chi connectivity index (χ0n) is 12.3. The van der Waals surface area contributed by atoms with E-state index in [1.165, 1.54) is 19.3 Å². The van der Waals surface area contributed by atoms with E-state index in [1.54, 1.807) is 0 Å². The largest absolute Gasteiger partial charge is 0.352 e. The molecular weight excluding hydrogens is 238 g/mol. The Kier molecular flexibility index (Phi) is 5.22. The first-order valence-electron chi connectivity index (χ1n) is 7.94. The topological polar surface area (TPSA) is 58.4 Å². The van der Waals surface area contributed by atoms with Crippen molar-refractivity contribution in [3.63, 3.8) is 0 Å². The number of carbonyl (C=O) groups excluding carboxylic acids is 1. The standard InChI is InChI=1S/C15H29N3O/c1-2-10-18(11-14(19)17-13-6-7-13)15(12-16)8-4-3-5-9-15/h13H,2-12,16H2,1H3,(H,17,19). The molecule has 0 aromatic rings. The van der Waals surface area contributed by atoms with E-state index in [0.29, 0.717) is 19.1 Å². The Morgan fingerprint density at radius 1 is 1.32 bits per heavy atom. The van der Waals surface area contributed by atoms with Crippen LogP contribution in [0.25, 0.3) is 0 Å². The third-order valence-corrected chi connectivity index (χ3v) is 4.61. The summed E-state index contributed by atoms with van der Waals surface area (Å²) in [5, 5.41) is 3.10. The first kappa shape index (κ1) is 14.8. The van der Waals surface area contributed by atoms with Gasteiger partial charge in [0.2, 0.25) is 5.91 Å². The summed E-state index contributed by atoms with van der Waals surface area (Å²) in [5.74, 6) is 0.189. The Balaban J connectivity index is 1.96. The van der Waals surface area contributed by atoms with Gasteiger partial charge in [-0.2, -0.15) is 0 Å². The highest BCUT2D eigenvalue weighted by atomic mass is 16.2. The lowest BCUT2D eigenvalue weighted by Crippen LogP contribution is -2.57. The molecule has 2 fully saturated rings. The van der Waals surface area contributed by atoms with Crippen LogP contribution in [-0.4, -0.2) is 42.0 Å². The average Bonchev–Trinajstić information content (AvgIpc) is 3.23. The van der Waals surface area contributed by atoms with Gasteiger partial charge in [0, 0.05) is 18.1 Å². The molecule has 0 unspecified atom stereocenters. The predicted octanol–water partition coefficient (Wildman–Crippen LogP) is 1.64. The minimum absolute atomic E-state index is 0.0785. The number of hydrogen-bond acceptors (Lipinski definition) is 3. The van der Waals surface area contributed by atoms with E-state index < -0.39 is 0 Å². The van der Waals surface area contributed by atoms with Crippen molar-refractivity contribution < 1.29 is 4.79 Å². The highest BCUT2D eigenvalue weighted by Crippen LogP contribution is 2.33. The molecule has 2 rings (SSSR count). The molecule has 0 heterocycles. The maximum absolute atomic E-state index is 12.1. The molecular formula is C15H29N3O. The van der Waals surface area contributed by atoms with Gasteiger partial charge < -0.3 is 11.1 Å². The molecule has 4 nitrogen and oxygen atoms in total. The Bertz CT molecular complexity index is 296. The van der Waals surface area contributed by atoms with Crippen LogP contribution in [-0.2, 0) is 4.79 Å². The summed E-state index contributed by atoms with van der Waals surface area (Å²) in [6.45, 7) is 4.37. The summed E-state index contributed by atoms with van der Waals surface area (Å²) in [7, 11) is 0. The number of rotatable bonds is 7. The lowest BCUT2D eigenvalue weighted by Gasteiger charge is -2.45. The molecule has 0 aromatic heterocycles. The molecule has 0 spiro atoms. The fraction of sp³-hybridized carbons (Fsp3) is 0.933. The van der Waals surface area contributed by atoms with E-state index in [4.69, 9.17) is 5.73 Å². The Hall–Kier alpha value is -0.610. The second-order valence-corrected chi connectivity index (χ2v) is 6.25. The van der Waals surface area contributed by atoms with E-state index in [2.05, 4.69) is 17.1 Å². The highest BCUT2D eigenvalue weighted by Gasteiger charge is 2.37. The molecule has 2 aliphatic carbocycles. The molecule has 2 saturated carbocycles. The molecule has 0 aliphatic heterocycles. The highest BCUT2D eigenvalue weighted by molar-refractivity contribution is 5.78. The van der Waals surface area contributed by atoms with Gasteiger partial charge in [0.1, 0.15) is 0 Å². The molecule has 0 saturated heterocycles. The van der Waals surface area contributed by atoms with Crippen LogP contribution in [0.1, 0.15) is 58.3 Å². The van der Waals surface area contributed by atoms with Gasteiger partial charge in [-0.25, -0.2) is 0 Å². The molecule has 0 bridgehead atoms. The summed E-state index contributed by atoms with van der Waals surface area (Å²) in [6.07, 6.45) is 9.52. The number of amides is 1. The normalized spacial score (nSPS) is 22.5. The smallest absolute Gasteiger partial charge is 0.234 e. The van der Waals surface area contributed by atoms with Crippen molar-refractivity contribution in [3.05, 3.63) is 0 Å². The van der Waals surface area contributed by atoms with Crippen LogP contribution in [0.4, 0.5) is 0 Å². The Labute approximate surface area is 117 Å². The summed E-state index contributed by atoms with van der Waals surface area (Å²) >= 11 is 0. The zero-order valence-corrected chi connectivity index (χ0v) is 12.3. The summed E-state index contributed by atoms with van der Waals surface area (Å²) in [5.41, 5.74) is 6.16. The van der Waals surface area contributed by atoms with Crippen molar-refractivity contribution in [1.82, 2.24) is 10.2 Å². The molecule has 0 aromatic carbocycles. The van der Waals surface area contributed by atoms with Gasteiger partial charge in [-0.1, -0.05) is 26.2 Å². The van der Waals surface area contributed by atoms with Gasteiger partial charge in [-0.15, -0.1) is 0 Å². The summed E-state index contributed by atoms with van der Waals surface area (Å²) in [4.78, 5) is 14.5. The number of nitrogens with one attached hydrogen (secondary N) is 1. The summed E-state index contributed by atoms with van der Waals surface area (Å²) in [6, 6.07) is 0.455. The third kappa shape index (κ3) is 3.93. The van der Waals surface area contributed by atoms with Crippen molar-refractivity contribution in [3.8, 4) is 0 Å². The maximum atomic E-state index is 12.1. The van der Waals surface area contributed by atoms with Crippen molar-refractivity contribution in [1.29, 1.82) is 0 Å². The molecule has 0 radical (unpaired) electrons. The average molecular weight is 267 g/mol. The Morgan fingerprint density at radius 2 is 2.00 bits per heavy atom. The van der Waals surface area contributed by atoms with E-state index >= 15 is 0 Å². The second-order valence-electron chi connectivity index (χ2n) is 6.25. The Morgan fingerprint density at radius 3 is 2.53 bits per heavy atom. The van der Waals surface area contributed by atoms with Crippen LogP contribution in [0.3, 0.4) is 0 Å². The van der Waals surface area contributed by atoms with Gasteiger partial charge in [-0.3, -0.25) is 9.69 Å². The minimum Gasteiger partial charge on any atom is -0.352 e. The van der Waals surface area contributed by atoms with E-state index in [0.717, 1.165) is 38.6 Å². The fourth-order valence-electron chi connectivity index (χ4n) is 3.29. The number of carbonyl (C=O) groups is 1. The maximum Gasteiger partial charge on any atom is 0.234 e. The van der Waals surface area contributed by atoms with Crippen LogP contribution in [0.5, 0.6) is 0 Å². The van der Waals surface area contributed by atoms with Gasteiger partial charge in [0.25, 0.3) is 0 Å². The van der Waals surface area contributed by atoms with Crippen molar-refractivity contribution in [2.24, 2.45) is 5.73 Å². The zero-order chi connectivity index (χ0) is 13.7. The minimum atomic E-state index is 0.0785. The number of hydrogen-bond donors (Lipinski definition) is 2. The molecule has 1 amide bonds. The SMILES string of the molecule is CCCN(CC(=O)NC1CC1)C1(CN)CCCCC1. The number of nitrogens with two attached hydrogens (primary N) is 1.